The molecule has 0 bridgehead atoms. The minimum Gasteiger partial charge on any atom is -0.343 e. The average Bonchev–Trinajstić information content (AvgIpc) is 3.09. The van der Waals surface area contributed by atoms with Crippen molar-refractivity contribution in [2.45, 2.75) is 46.6 Å². The van der Waals surface area contributed by atoms with Gasteiger partial charge in [-0.05, 0) is 32.2 Å². The Labute approximate surface area is 157 Å². The number of nitrogens with zero attached hydrogens (tertiary/aromatic N) is 2. The highest BCUT2D eigenvalue weighted by atomic mass is 16.2. The Kier molecular flexibility index (Phi) is 8.27. The van der Waals surface area contributed by atoms with Gasteiger partial charge in [0.25, 0.3) is 0 Å². The van der Waals surface area contributed by atoms with E-state index in [1.54, 1.807) is 32.0 Å². The number of carbonyl (C=O) groups is 3. The highest BCUT2D eigenvalue weighted by molar-refractivity contribution is 5.93. The summed E-state index contributed by atoms with van der Waals surface area (Å²) in [5.74, 6) is -0.345. The molecule has 1 unspecified atom stereocenters. The molecule has 7 nitrogen and oxygen atoms in total. The second-order valence-corrected chi connectivity index (χ2v) is 8.00. The highest BCUT2D eigenvalue weighted by Crippen LogP contribution is 2.21. The van der Waals surface area contributed by atoms with Crippen LogP contribution in [0.25, 0.3) is 0 Å². The molecule has 3 amide bonds. The molecule has 0 radical (unpaired) electrons. The van der Waals surface area contributed by atoms with Crippen molar-refractivity contribution in [2.24, 2.45) is 5.41 Å². The lowest BCUT2D eigenvalue weighted by Crippen LogP contribution is -2.55. The molecule has 1 saturated heterocycles. The lowest BCUT2D eigenvalue weighted by Gasteiger charge is -2.33. The zero-order chi connectivity index (χ0) is 19.9. The van der Waals surface area contributed by atoms with E-state index >= 15 is 0 Å². The Morgan fingerprint density at radius 2 is 1.77 bits per heavy atom. The Hall–Kier alpha value is -1.89. The average molecular weight is 367 g/mol. The summed E-state index contributed by atoms with van der Waals surface area (Å²) in [5, 5.41) is 5.59. The van der Waals surface area contributed by atoms with Gasteiger partial charge in [0, 0.05) is 32.3 Å². The van der Waals surface area contributed by atoms with Crippen LogP contribution in [0.5, 0.6) is 0 Å². The largest absolute Gasteiger partial charge is 0.343 e. The Bertz CT molecular complexity index is 545. The van der Waals surface area contributed by atoms with Gasteiger partial charge in [-0.25, -0.2) is 0 Å². The fourth-order valence-corrected chi connectivity index (χ4v) is 2.86. The van der Waals surface area contributed by atoms with Crippen LogP contribution in [0.15, 0.2) is 11.6 Å². The fraction of sp³-hybridized carbons (Fsp3) is 0.737. The lowest BCUT2D eigenvalue weighted by molar-refractivity contribution is -0.137. The molecule has 1 atom stereocenters. The molecule has 2 N–H and O–H groups in total. The molecule has 1 fully saturated rings. The summed E-state index contributed by atoms with van der Waals surface area (Å²) < 4.78 is 0. The molecular formula is C19H34N4O3. The summed E-state index contributed by atoms with van der Waals surface area (Å²) in [7, 11) is 3.37. The first kappa shape index (κ1) is 22.2. The molecule has 0 aromatic carbocycles. The molecule has 148 valence electrons. The number of likely N-dealkylation sites (tertiary alicyclic amines) is 1. The summed E-state index contributed by atoms with van der Waals surface area (Å²) in [6, 6.07) is -0.628. The van der Waals surface area contributed by atoms with Gasteiger partial charge in [0.05, 0.1) is 6.54 Å². The quantitative estimate of drug-likeness (QED) is 0.652. The van der Waals surface area contributed by atoms with Crippen LogP contribution < -0.4 is 10.6 Å². The molecule has 0 aromatic rings. The zero-order valence-electron chi connectivity index (χ0n) is 17.0. The number of likely N-dealkylation sites (N-methyl/N-ethyl adjacent to an activating group) is 2. The fourth-order valence-electron chi connectivity index (χ4n) is 2.86. The van der Waals surface area contributed by atoms with Gasteiger partial charge in [0.1, 0.15) is 6.04 Å². The van der Waals surface area contributed by atoms with E-state index < -0.39 is 11.5 Å². The maximum absolute atomic E-state index is 12.8. The molecule has 1 aliphatic heterocycles. The first-order chi connectivity index (χ1) is 12.1. The van der Waals surface area contributed by atoms with Gasteiger partial charge < -0.3 is 20.4 Å². The predicted octanol–water partition coefficient (Wildman–Crippen LogP) is 0.764. The summed E-state index contributed by atoms with van der Waals surface area (Å²) in [6.45, 7) is 9.65. The molecule has 1 heterocycles. The first-order valence-electron chi connectivity index (χ1n) is 9.23. The summed E-state index contributed by atoms with van der Waals surface area (Å²) >= 11 is 0. The molecule has 1 rings (SSSR count). The number of amides is 3. The third-order valence-corrected chi connectivity index (χ3v) is 4.53. The second kappa shape index (κ2) is 9.71. The standard InChI is InChI=1S/C19H34N4O3/c1-14(17(25)23-10-7-8-11-23)9-12-22(6)18(26)16(19(2,3)4)21-15(24)13-20-5/h9,16,20H,7-8,10-13H2,1-6H3,(H,21,24)/b14-9+. The maximum atomic E-state index is 12.8. The van der Waals surface area contributed by atoms with E-state index in [2.05, 4.69) is 10.6 Å². The van der Waals surface area contributed by atoms with Crippen LogP contribution in [0.3, 0.4) is 0 Å². The van der Waals surface area contributed by atoms with Gasteiger partial charge in [0.2, 0.25) is 17.7 Å². The normalized spacial score (nSPS) is 16.4. The Morgan fingerprint density at radius 3 is 2.27 bits per heavy atom. The zero-order valence-corrected chi connectivity index (χ0v) is 17.0. The molecule has 0 aromatic heterocycles. The molecule has 1 aliphatic rings. The topological polar surface area (TPSA) is 81.8 Å². The van der Waals surface area contributed by atoms with Gasteiger partial charge in [-0.1, -0.05) is 26.8 Å². The molecule has 0 saturated carbocycles. The van der Waals surface area contributed by atoms with Crippen molar-refractivity contribution < 1.29 is 14.4 Å². The minimum atomic E-state index is -0.628. The van der Waals surface area contributed by atoms with Gasteiger partial charge in [-0.15, -0.1) is 0 Å². The Balaban J connectivity index is 2.73. The van der Waals surface area contributed by atoms with Crippen LogP contribution in [0.4, 0.5) is 0 Å². The molecule has 0 aliphatic carbocycles. The van der Waals surface area contributed by atoms with Gasteiger partial charge in [0.15, 0.2) is 0 Å². The first-order valence-corrected chi connectivity index (χ1v) is 9.23. The minimum absolute atomic E-state index is 0.0399. The van der Waals surface area contributed by atoms with Crippen molar-refractivity contribution in [1.29, 1.82) is 0 Å². The number of hydrogen-bond acceptors (Lipinski definition) is 4. The van der Waals surface area contributed by atoms with Crippen molar-refractivity contribution in [3.05, 3.63) is 11.6 Å². The number of hydrogen-bond donors (Lipinski definition) is 2. The van der Waals surface area contributed by atoms with E-state index in [4.69, 9.17) is 0 Å². The van der Waals surface area contributed by atoms with Crippen molar-refractivity contribution >= 4 is 17.7 Å². The van der Waals surface area contributed by atoms with Crippen molar-refractivity contribution in [2.75, 3.05) is 40.3 Å². The van der Waals surface area contributed by atoms with Crippen LogP contribution in [0, 0.1) is 5.41 Å². The SMILES string of the molecule is CNCC(=O)NC(C(=O)N(C)C/C=C(\C)C(=O)N1CCCC1)C(C)(C)C. The van der Waals surface area contributed by atoms with Crippen LogP contribution in [0.1, 0.15) is 40.5 Å². The number of rotatable bonds is 7. The Morgan fingerprint density at radius 1 is 1.19 bits per heavy atom. The highest BCUT2D eigenvalue weighted by Gasteiger charge is 2.34. The van der Waals surface area contributed by atoms with E-state index in [0.717, 1.165) is 25.9 Å². The molecular weight excluding hydrogens is 332 g/mol. The van der Waals surface area contributed by atoms with Crippen LogP contribution in [0.2, 0.25) is 0 Å². The predicted molar refractivity (Wildman–Crippen MR) is 103 cm³/mol. The second-order valence-electron chi connectivity index (χ2n) is 8.00. The van der Waals surface area contributed by atoms with Crippen LogP contribution >= 0.6 is 0 Å². The van der Waals surface area contributed by atoms with E-state index in [1.807, 2.05) is 25.7 Å². The monoisotopic (exact) mass is 366 g/mol. The van der Waals surface area contributed by atoms with Crippen LogP contribution in [-0.4, -0.2) is 73.8 Å². The van der Waals surface area contributed by atoms with E-state index in [-0.39, 0.29) is 24.3 Å². The number of nitrogens with one attached hydrogen (secondary N) is 2. The van der Waals surface area contributed by atoms with Crippen molar-refractivity contribution in [3.8, 4) is 0 Å². The van der Waals surface area contributed by atoms with Crippen molar-refractivity contribution in [1.82, 2.24) is 20.4 Å². The summed E-state index contributed by atoms with van der Waals surface area (Å²) in [4.78, 5) is 40.5. The van der Waals surface area contributed by atoms with E-state index in [0.29, 0.717) is 12.1 Å². The summed E-state index contributed by atoms with van der Waals surface area (Å²) in [6.07, 6.45) is 3.89. The van der Waals surface area contributed by atoms with Crippen LogP contribution in [-0.2, 0) is 14.4 Å². The smallest absolute Gasteiger partial charge is 0.249 e. The molecule has 0 spiro atoms. The van der Waals surface area contributed by atoms with Gasteiger partial charge in [-0.2, -0.15) is 0 Å². The number of carbonyl (C=O) groups excluding carboxylic acids is 3. The van der Waals surface area contributed by atoms with Gasteiger partial charge in [-0.3, -0.25) is 14.4 Å². The summed E-state index contributed by atoms with van der Waals surface area (Å²) in [5.41, 5.74) is 0.233. The van der Waals surface area contributed by atoms with E-state index in [9.17, 15) is 14.4 Å². The molecule has 26 heavy (non-hydrogen) atoms. The maximum Gasteiger partial charge on any atom is 0.249 e. The molecule has 7 heteroatoms. The van der Waals surface area contributed by atoms with Crippen molar-refractivity contribution in [3.63, 3.8) is 0 Å². The van der Waals surface area contributed by atoms with E-state index in [1.165, 1.54) is 0 Å². The third-order valence-electron chi connectivity index (χ3n) is 4.53. The van der Waals surface area contributed by atoms with Gasteiger partial charge >= 0.3 is 0 Å². The lowest BCUT2D eigenvalue weighted by atomic mass is 9.85. The third kappa shape index (κ3) is 6.44.